The Balaban J connectivity index is 1.99. The summed E-state index contributed by atoms with van der Waals surface area (Å²) >= 11 is 1.99. The van der Waals surface area contributed by atoms with Gasteiger partial charge in [-0.05, 0) is 43.2 Å². The first-order chi connectivity index (χ1) is 9.19. The van der Waals surface area contributed by atoms with E-state index in [0.717, 1.165) is 18.5 Å². The van der Waals surface area contributed by atoms with E-state index in [4.69, 9.17) is 0 Å². The van der Waals surface area contributed by atoms with E-state index in [-0.39, 0.29) is 11.9 Å². The zero-order valence-corrected chi connectivity index (χ0v) is 12.7. The van der Waals surface area contributed by atoms with Crippen molar-refractivity contribution in [2.45, 2.75) is 49.8 Å². The Hall–Kier alpha value is -0.540. The van der Waals surface area contributed by atoms with Crippen LogP contribution in [0.5, 0.6) is 0 Å². The monoisotopic (exact) mass is 281 g/mol. The smallest absolute Gasteiger partial charge is 0.123 e. The molecule has 1 aliphatic rings. The van der Waals surface area contributed by atoms with Crippen LogP contribution in [0.25, 0.3) is 0 Å². The van der Waals surface area contributed by atoms with Crippen LogP contribution in [-0.4, -0.2) is 17.5 Å². The number of hydrogen-bond donors (Lipinski definition) is 1. The van der Waals surface area contributed by atoms with E-state index in [2.05, 4.69) is 18.5 Å². The van der Waals surface area contributed by atoms with Gasteiger partial charge in [0.25, 0.3) is 0 Å². The minimum absolute atomic E-state index is 0.141. The van der Waals surface area contributed by atoms with Gasteiger partial charge >= 0.3 is 0 Å². The Labute approximate surface area is 120 Å². The van der Waals surface area contributed by atoms with Gasteiger partial charge in [-0.1, -0.05) is 31.9 Å². The third-order valence-electron chi connectivity index (χ3n) is 4.28. The molecule has 1 saturated carbocycles. The lowest BCUT2D eigenvalue weighted by atomic mass is 10.0. The van der Waals surface area contributed by atoms with Crippen molar-refractivity contribution in [1.82, 2.24) is 5.32 Å². The van der Waals surface area contributed by atoms with Crippen LogP contribution in [0.3, 0.4) is 0 Å². The van der Waals surface area contributed by atoms with Crippen LogP contribution in [0.15, 0.2) is 24.3 Å². The molecule has 1 nitrogen and oxygen atoms in total. The maximum Gasteiger partial charge on any atom is 0.123 e. The Morgan fingerprint density at radius 2 is 2.11 bits per heavy atom. The van der Waals surface area contributed by atoms with Crippen molar-refractivity contribution >= 4 is 11.8 Å². The third kappa shape index (κ3) is 3.73. The van der Waals surface area contributed by atoms with Gasteiger partial charge < -0.3 is 5.32 Å². The van der Waals surface area contributed by atoms with E-state index in [0.29, 0.717) is 4.75 Å². The first-order valence-electron chi connectivity index (χ1n) is 7.23. The van der Waals surface area contributed by atoms with Crippen LogP contribution in [-0.2, 0) is 0 Å². The summed E-state index contributed by atoms with van der Waals surface area (Å²) < 4.78 is 13.7. The number of halogens is 1. The fourth-order valence-corrected chi connectivity index (χ4v) is 3.93. The van der Waals surface area contributed by atoms with Crippen molar-refractivity contribution in [2.24, 2.45) is 0 Å². The normalized spacial score (nSPS) is 19.5. The molecule has 1 N–H and O–H groups in total. The Bertz CT molecular complexity index is 401. The van der Waals surface area contributed by atoms with E-state index in [9.17, 15) is 4.39 Å². The second-order valence-electron chi connectivity index (χ2n) is 5.49. The number of rotatable bonds is 6. The summed E-state index contributed by atoms with van der Waals surface area (Å²) in [7, 11) is 0. The highest BCUT2D eigenvalue weighted by Crippen LogP contribution is 2.40. The molecule has 3 heteroatoms. The minimum atomic E-state index is -0.141. The molecule has 1 aliphatic carbocycles. The molecule has 2 rings (SSSR count). The standard InChI is InChI=1S/C16H24FNS/c1-3-15(13-7-6-8-14(17)11-13)18-12-16(19-2)9-4-5-10-16/h6-8,11,15,18H,3-5,9-10,12H2,1-2H3. The van der Waals surface area contributed by atoms with E-state index >= 15 is 0 Å². The van der Waals surface area contributed by atoms with E-state index in [1.807, 2.05) is 17.8 Å². The maximum absolute atomic E-state index is 13.3. The van der Waals surface area contributed by atoms with Crippen molar-refractivity contribution in [1.29, 1.82) is 0 Å². The van der Waals surface area contributed by atoms with E-state index in [1.54, 1.807) is 12.1 Å². The van der Waals surface area contributed by atoms with Gasteiger partial charge in [-0.15, -0.1) is 0 Å². The molecule has 0 saturated heterocycles. The molecule has 0 radical (unpaired) electrons. The Kier molecular flexibility index (Phi) is 5.28. The van der Waals surface area contributed by atoms with Crippen LogP contribution in [0.2, 0.25) is 0 Å². The summed E-state index contributed by atoms with van der Waals surface area (Å²) in [6, 6.07) is 7.25. The Morgan fingerprint density at radius 3 is 2.68 bits per heavy atom. The topological polar surface area (TPSA) is 12.0 Å². The van der Waals surface area contributed by atoms with Crippen LogP contribution in [0, 0.1) is 5.82 Å². The van der Waals surface area contributed by atoms with Gasteiger partial charge in [-0.3, -0.25) is 0 Å². The highest BCUT2D eigenvalue weighted by Gasteiger charge is 2.33. The fourth-order valence-electron chi connectivity index (χ4n) is 3.00. The van der Waals surface area contributed by atoms with Crippen LogP contribution < -0.4 is 5.32 Å². The fraction of sp³-hybridized carbons (Fsp3) is 0.625. The summed E-state index contributed by atoms with van der Waals surface area (Å²) in [5.74, 6) is -0.141. The highest BCUT2D eigenvalue weighted by atomic mass is 32.2. The predicted octanol–water partition coefficient (Wildman–Crippen LogP) is 4.54. The minimum Gasteiger partial charge on any atom is -0.309 e. The zero-order valence-electron chi connectivity index (χ0n) is 11.9. The lowest BCUT2D eigenvalue weighted by Crippen LogP contribution is -2.37. The molecule has 0 spiro atoms. The Morgan fingerprint density at radius 1 is 1.37 bits per heavy atom. The molecule has 0 aliphatic heterocycles. The molecule has 1 aromatic rings. The molecular weight excluding hydrogens is 257 g/mol. The van der Waals surface area contributed by atoms with Crippen LogP contribution in [0.1, 0.15) is 50.6 Å². The molecule has 1 unspecified atom stereocenters. The summed E-state index contributed by atoms with van der Waals surface area (Å²) in [6.07, 6.45) is 8.52. The van der Waals surface area contributed by atoms with Gasteiger partial charge in [0.15, 0.2) is 0 Å². The molecule has 1 fully saturated rings. The predicted molar refractivity (Wildman–Crippen MR) is 82.1 cm³/mol. The highest BCUT2D eigenvalue weighted by molar-refractivity contribution is 8.00. The lowest BCUT2D eigenvalue weighted by Gasteiger charge is -2.30. The second kappa shape index (κ2) is 6.76. The average molecular weight is 281 g/mol. The molecule has 106 valence electrons. The van der Waals surface area contributed by atoms with Crippen molar-refractivity contribution in [3.8, 4) is 0 Å². The molecule has 0 amide bonds. The van der Waals surface area contributed by atoms with Gasteiger partial charge in [-0.25, -0.2) is 4.39 Å². The van der Waals surface area contributed by atoms with E-state index < -0.39 is 0 Å². The number of hydrogen-bond acceptors (Lipinski definition) is 2. The van der Waals surface area contributed by atoms with Crippen LogP contribution >= 0.6 is 11.8 Å². The first kappa shape index (κ1) is 14.9. The van der Waals surface area contributed by atoms with E-state index in [1.165, 1.54) is 31.7 Å². The quantitative estimate of drug-likeness (QED) is 0.821. The summed E-state index contributed by atoms with van der Waals surface area (Å²) in [6.45, 7) is 3.19. The van der Waals surface area contributed by atoms with Crippen molar-refractivity contribution in [2.75, 3.05) is 12.8 Å². The third-order valence-corrected chi connectivity index (χ3v) is 5.70. The molecule has 0 heterocycles. The van der Waals surface area contributed by atoms with Gasteiger partial charge in [0.2, 0.25) is 0 Å². The largest absolute Gasteiger partial charge is 0.309 e. The van der Waals surface area contributed by atoms with Gasteiger partial charge in [0.1, 0.15) is 5.82 Å². The molecule has 1 atom stereocenters. The first-order valence-corrected chi connectivity index (χ1v) is 8.45. The van der Waals surface area contributed by atoms with Crippen molar-refractivity contribution in [3.63, 3.8) is 0 Å². The lowest BCUT2D eigenvalue weighted by molar-refractivity contribution is 0.457. The maximum atomic E-state index is 13.3. The number of nitrogens with one attached hydrogen (secondary N) is 1. The van der Waals surface area contributed by atoms with Gasteiger partial charge in [-0.2, -0.15) is 11.8 Å². The summed E-state index contributed by atoms with van der Waals surface area (Å²) in [5, 5.41) is 3.66. The molecular formula is C16H24FNS. The molecule has 19 heavy (non-hydrogen) atoms. The number of thioether (sulfide) groups is 1. The van der Waals surface area contributed by atoms with Gasteiger partial charge in [0.05, 0.1) is 0 Å². The molecule has 0 aromatic heterocycles. The SMILES string of the molecule is CCC(NCC1(SC)CCCC1)c1cccc(F)c1. The summed E-state index contributed by atoms with van der Waals surface area (Å²) in [5.41, 5.74) is 1.07. The zero-order chi connectivity index (χ0) is 13.7. The average Bonchev–Trinajstić information content (AvgIpc) is 2.89. The molecule has 0 bridgehead atoms. The molecule has 1 aromatic carbocycles. The van der Waals surface area contributed by atoms with Gasteiger partial charge in [0, 0.05) is 17.3 Å². The van der Waals surface area contributed by atoms with Crippen LogP contribution in [0.4, 0.5) is 4.39 Å². The van der Waals surface area contributed by atoms with Crippen molar-refractivity contribution in [3.05, 3.63) is 35.6 Å². The summed E-state index contributed by atoms with van der Waals surface area (Å²) in [4.78, 5) is 0. The number of benzene rings is 1. The second-order valence-corrected chi connectivity index (χ2v) is 6.77. The van der Waals surface area contributed by atoms with Crippen molar-refractivity contribution < 1.29 is 4.39 Å².